The highest BCUT2D eigenvalue weighted by Crippen LogP contribution is 2.20. The smallest absolute Gasteiger partial charge is 0.193 e. The highest BCUT2D eigenvalue weighted by Gasteiger charge is 2.21. The fourth-order valence-electron chi connectivity index (χ4n) is 4.20. The van der Waals surface area contributed by atoms with Crippen LogP contribution in [-0.4, -0.2) is 74.2 Å². The minimum Gasteiger partial charge on any atom is -0.381 e. The Bertz CT molecular complexity index is 612. The minimum absolute atomic E-state index is 0. The van der Waals surface area contributed by atoms with Gasteiger partial charge in [-0.15, -0.1) is 35.3 Å². The molecule has 1 N–H and O–H groups in total. The van der Waals surface area contributed by atoms with Crippen LogP contribution in [0.25, 0.3) is 0 Å². The van der Waals surface area contributed by atoms with Gasteiger partial charge in [0.05, 0.1) is 10.7 Å². The highest BCUT2D eigenvalue weighted by molar-refractivity contribution is 14.0. The fourth-order valence-corrected chi connectivity index (χ4v) is 4.80. The van der Waals surface area contributed by atoms with Gasteiger partial charge in [0, 0.05) is 52.3 Å². The zero-order valence-corrected chi connectivity index (χ0v) is 21.4. The summed E-state index contributed by atoms with van der Waals surface area (Å²) in [6.45, 7) is 9.38. The number of rotatable bonds is 7. The zero-order chi connectivity index (χ0) is 19.8. The molecule has 3 heterocycles. The van der Waals surface area contributed by atoms with E-state index in [0.717, 1.165) is 50.6 Å². The molecule has 0 radical (unpaired) electrons. The summed E-state index contributed by atoms with van der Waals surface area (Å²) < 4.78 is 5.47. The predicted molar refractivity (Wildman–Crippen MR) is 132 cm³/mol. The molecule has 0 bridgehead atoms. The SMILES string of the molecule is CN=C(NCC1CCN(Cc2csc(C)n2)CC1)N(C)CCC1CCOCC1.I. The molecular weight excluding hydrogens is 497 g/mol. The summed E-state index contributed by atoms with van der Waals surface area (Å²) in [6, 6.07) is 0. The van der Waals surface area contributed by atoms with Crippen molar-refractivity contribution in [1.29, 1.82) is 0 Å². The van der Waals surface area contributed by atoms with Crippen molar-refractivity contribution in [1.82, 2.24) is 20.1 Å². The lowest BCUT2D eigenvalue weighted by Crippen LogP contribution is -2.44. The molecule has 29 heavy (non-hydrogen) atoms. The first-order valence-corrected chi connectivity index (χ1v) is 11.6. The van der Waals surface area contributed by atoms with Crippen molar-refractivity contribution in [2.45, 2.75) is 45.6 Å². The molecule has 0 amide bonds. The number of hydrogen-bond donors (Lipinski definition) is 1. The standard InChI is InChI=1S/C21H37N5OS.HI/c1-17-24-20(16-28-17)15-26-10-5-19(6-11-26)14-23-21(22-2)25(3)9-4-18-7-12-27-13-8-18;/h16,18-19H,4-15H2,1-3H3,(H,22,23);1H. The summed E-state index contributed by atoms with van der Waals surface area (Å²) in [6.07, 6.45) is 6.14. The van der Waals surface area contributed by atoms with Crippen molar-refractivity contribution >= 4 is 41.3 Å². The van der Waals surface area contributed by atoms with Gasteiger partial charge in [0.25, 0.3) is 0 Å². The lowest BCUT2D eigenvalue weighted by Gasteiger charge is -2.32. The molecule has 1 aromatic heterocycles. The first-order valence-electron chi connectivity index (χ1n) is 10.8. The maximum atomic E-state index is 5.47. The topological polar surface area (TPSA) is 53.0 Å². The number of aromatic nitrogens is 1. The van der Waals surface area contributed by atoms with E-state index in [1.165, 1.54) is 55.9 Å². The Balaban J connectivity index is 0.00000300. The normalized spacial score (nSPS) is 19.8. The molecule has 166 valence electrons. The number of thiazole rings is 1. The van der Waals surface area contributed by atoms with Gasteiger partial charge >= 0.3 is 0 Å². The molecule has 3 rings (SSSR count). The van der Waals surface area contributed by atoms with Crippen LogP contribution in [0.4, 0.5) is 0 Å². The number of aliphatic imine (C=N–C) groups is 1. The van der Waals surface area contributed by atoms with E-state index in [4.69, 9.17) is 4.74 Å². The number of hydrogen-bond acceptors (Lipinski definition) is 5. The Kier molecular flexibility index (Phi) is 11.2. The van der Waals surface area contributed by atoms with Gasteiger partial charge in [0.2, 0.25) is 0 Å². The highest BCUT2D eigenvalue weighted by atomic mass is 127. The number of halogens is 1. The van der Waals surface area contributed by atoms with Gasteiger partial charge in [0.15, 0.2) is 5.96 Å². The Morgan fingerprint density at radius 1 is 1.28 bits per heavy atom. The second-order valence-electron chi connectivity index (χ2n) is 8.27. The van der Waals surface area contributed by atoms with E-state index in [-0.39, 0.29) is 24.0 Å². The van der Waals surface area contributed by atoms with Crippen molar-refractivity contribution in [3.05, 3.63) is 16.1 Å². The molecule has 8 heteroatoms. The van der Waals surface area contributed by atoms with Gasteiger partial charge in [-0.25, -0.2) is 4.98 Å². The summed E-state index contributed by atoms with van der Waals surface area (Å²) in [4.78, 5) is 13.9. The first kappa shape index (κ1) is 24.8. The average Bonchev–Trinajstić information content (AvgIpc) is 3.13. The second-order valence-corrected chi connectivity index (χ2v) is 9.33. The minimum atomic E-state index is 0. The third kappa shape index (κ3) is 8.30. The van der Waals surface area contributed by atoms with Gasteiger partial charge in [0.1, 0.15) is 0 Å². The molecule has 6 nitrogen and oxygen atoms in total. The zero-order valence-electron chi connectivity index (χ0n) is 18.2. The van der Waals surface area contributed by atoms with Gasteiger partial charge in [-0.1, -0.05) is 0 Å². The Hall–Kier alpha value is -0.450. The van der Waals surface area contributed by atoms with Crippen LogP contribution in [0.1, 0.15) is 42.8 Å². The predicted octanol–water partition coefficient (Wildman–Crippen LogP) is 3.61. The van der Waals surface area contributed by atoms with Crippen LogP contribution in [0.15, 0.2) is 10.4 Å². The third-order valence-electron chi connectivity index (χ3n) is 6.10. The van der Waals surface area contributed by atoms with Crippen LogP contribution in [0.2, 0.25) is 0 Å². The number of ether oxygens (including phenoxy) is 1. The third-order valence-corrected chi connectivity index (χ3v) is 6.92. The fraction of sp³-hybridized carbons (Fsp3) is 0.810. The number of nitrogens with zero attached hydrogens (tertiary/aromatic N) is 4. The van der Waals surface area contributed by atoms with Crippen molar-refractivity contribution in [3.8, 4) is 0 Å². The monoisotopic (exact) mass is 535 g/mol. The van der Waals surface area contributed by atoms with Crippen LogP contribution in [0.3, 0.4) is 0 Å². The van der Waals surface area contributed by atoms with Crippen LogP contribution in [0.5, 0.6) is 0 Å². The summed E-state index contributed by atoms with van der Waals surface area (Å²) in [7, 11) is 4.05. The maximum absolute atomic E-state index is 5.47. The molecule has 2 aliphatic heterocycles. The van der Waals surface area contributed by atoms with Crippen LogP contribution < -0.4 is 5.32 Å². The van der Waals surface area contributed by atoms with E-state index < -0.39 is 0 Å². The maximum Gasteiger partial charge on any atom is 0.193 e. The molecule has 2 aliphatic rings. The van der Waals surface area contributed by atoms with Gasteiger partial charge in [-0.2, -0.15) is 0 Å². The van der Waals surface area contributed by atoms with Crippen molar-refractivity contribution in [2.75, 3.05) is 53.5 Å². The van der Waals surface area contributed by atoms with Crippen molar-refractivity contribution in [3.63, 3.8) is 0 Å². The summed E-state index contributed by atoms with van der Waals surface area (Å²) in [5.74, 6) is 2.57. The molecule has 0 atom stereocenters. The molecule has 0 unspecified atom stereocenters. The average molecular weight is 536 g/mol. The Morgan fingerprint density at radius 3 is 2.62 bits per heavy atom. The van der Waals surface area contributed by atoms with Crippen molar-refractivity contribution in [2.24, 2.45) is 16.8 Å². The molecule has 2 fully saturated rings. The van der Waals surface area contributed by atoms with Crippen LogP contribution in [-0.2, 0) is 11.3 Å². The molecule has 2 saturated heterocycles. The number of aryl methyl sites for hydroxylation is 1. The molecular formula is C21H38IN5OS. The van der Waals surface area contributed by atoms with E-state index in [0.29, 0.717) is 0 Å². The number of nitrogens with one attached hydrogen (secondary N) is 1. The van der Waals surface area contributed by atoms with Crippen LogP contribution >= 0.6 is 35.3 Å². The first-order chi connectivity index (χ1) is 13.6. The largest absolute Gasteiger partial charge is 0.381 e. The van der Waals surface area contributed by atoms with Gasteiger partial charge in [-0.3, -0.25) is 9.89 Å². The lowest BCUT2D eigenvalue weighted by atomic mass is 9.96. The number of likely N-dealkylation sites (tertiary alicyclic amines) is 1. The Labute approximate surface area is 197 Å². The molecule has 0 aromatic carbocycles. The lowest BCUT2D eigenvalue weighted by molar-refractivity contribution is 0.0625. The summed E-state index contributed by atoms with van der Waals surface area (Å²) in [5.41, 5.74) is 1.23. The number of guanidine groups is 1. The van der Waals surface area contributed by atoms with E-state index >= 15 is 0 Å². The number of piperidine rings is 1. The molecule has 0 spiro atoms. The Morgan fingerprint density at radius 2 is 2.00 bits per heavy atom. The summed E-state index contributed by atoms with van der Waals surface area (Å²) in [5, 5.41) is 6.98. The van der Waals surface area contributed by atoms with Crippen molar-refractivity contribution < 1.29 is 4.74 Å². The molecule has 0 saturated carbocycles. The van der Waals surface area contributed by atoms with Gasteiger partial charge in [-0.05, 0) is 64.0 Å². The second kappa shape index (κ2) is 13.1. The van der Waals surface area contributed by atoms with E-state index in [2.05, 4.69) is 44.4 Å². The van der Waals surface area contributed by atoms with E-state index in [9.17, 15) is 0 Å². The van der Waals surface area contributed by atoms with E-state index in [1.807, 2.05) is 7.05 Å². The quantitative estimate of drug-likeness (QED) is 0.329. The van der Waals surface area contributed by atoms with Crippen LogP contribution in [0, 0.1) is 18.8 Å². The van der Waals surface area contributed by atoms with E-state index in [1.54, 1.807) is 11.3 Å². The molecule has 0 aliphatic carbocycles. The molecule has 1 aromatic rings. The summed E-state index contributed by atoms with van der Waals surface area (Å²) >= 11 is 1.75. The van der Waals surface area contributed by atoms with Gasteiger partial charge < -0.3 is 15.0 Å².